The fraction of sp³-hybridized carbons (Fsp3) is 0.647. The van der Waals surface area contributed by atoms with Crippen molar-refractivity contribution >= 4 is 31.9 Å². The molecular formula is C17H22Br2O. The average Bonchev–Trinajstić information content (AvgIpc) is 2.98. The standard InChI is InChI=1S/C17H22Br2O/c1-16(2)13-5-6-14(9-13)17(16,11-18)20-10-12-3-7-15(19)8-4-12/h3-4,7-8,13-14H,5-6,9-11H2,1-2H3. The topological polar surface area (TPSA) is 9.23 Å². The predicted octanol–water partition coefficient (Wildman–Crippen LogP) is 5.56. The molecule has 1 nitrogen and oxygen atoms in total. The normalized spacial score (nSPS) is 34.6. The number of alkyl halides is 1. The maximum Gasteiger partial charge on any atom is 0.0864 e. The first-order chi connectivity index (χ1) is 9.49. The van der Waals surface area contributed by atoms with E-state index in [1.54, 1.807) is 0 Å². The third-order valence-corrected chi connectivity index (χ3v) is 7.17. The molecule has 0 aliphatic heterocycles. The molecule has 0 N–H and O–H groups in total. The summed E-state index contributed by atoms with van der Waals surface area (Å²) in [6.07, 6.45) is 4.06. The second kappa shape index (κ2) is 5.40. The second-order valence-corrected chi connectivity index (χ2v) is 8.34. The first-order valence-electron chi connectivity index (χ1n) is 7.44. The van der Waals surface area contributed by atoms with Gasteiger partial charge in [-0.2, -0.15) is 0 Å². The maximum absolute atomic E-state index is 6.55. The number of halogens is 2. The Hall–Kier alpha value is 0.140. The minimum Gasteiger partial charge on any atom is -0.369 e. The largest absolute Gasteiger partial charge is 0.369 e. The SMILES string of the molecule is CC1(C)C2CCC(C2)C1(CBr)OCc1ccc(Br)cc1. The van der Waals surface area contributed by atoms with Crippen LogP contribution in [0.4, 0.5) is 0 Å². The van der Waals surface area contributed by atoms with Crippen molar-refractivity contribution in [1.29, 1.82) is 0 Å². The van der Waals surface area contributed by atoms with E-state index in [4.69, 9.17) is 4.74 Å². The van der Waals surface area contributed by atoms with Crippen LogP contribution in [0.3, 0.4) is 0 Å². The molecule has 2 aliphatic carbocycles. The summed E-state index contributed by atoms with van der Waals surface area (Å²) in [6.45, 7) is 5.52. The number of fused-ring (bicyclic) bond motifs is 2. The maximum atomic E-state index is 6.55. The van der Waals surface area contributed by atoms with Crippen LogP contribution >= 0.6 is 31.9 Å². The van der Waals surface area contributed by atoms with E-state index in [9.17, 15) is 0 Å². The third-order valence-electron chi connectivity index (χ3n) is 5.81. The number of rotatable bonds is 4. The van der Waals surface area contributed by atoms with Gasteiger partial charge in [0.15, 0.2) is 0 Å². The Morgan fingerprint density at radius 3 is 2.35 bits per heavy atom. The molecule has 3 rings (SSSR count). The van der Waals surface area contributed by atoms with E-state index in [1.807, 2.05) is 0 Å². The first-order valence-corrected chi connectivity index (χ1v) is 9.35. The first kappa shape index (κ1) is 15.1. The van der Waals surface area contributed by atoms with Gasteiger partial charge in [-0.25, -0.2) is 0 Å². The lowest BCUT2D eigenvalue weighted by molar-refractivity contribution is -0.145. The summed E-state index contributed by atoms with van der Waals surface area (Å²) in [5.41, 5.74) is 1.53. The van der Waals surface area contributed by atoms with Crippen LogP contribution in [0.15, 0.2) is 28.7 Å². The second-order valence-electron chi connectivity index (χ2n) is 6.87. The molecule has 0 saturated heterocycles. The van der Waals surface area contributed by atoms with Crippen molar-refractivity contribution in [2.24, 2.45) is 17.3 Å². The number of ether oxygens (including phenoxy) is 1. The molecule has 20 heavy (non-hydrogen) atoms. The fourth-order valence-electron chi connectivity index (χ4n) is 4.35. The average molecular weight is 402 g/mol. The molecule has 0 radical (unpaired) electrons. The molecule has 2 saturated carbocycles. The quantitative estimate of drug-likeness (QED) is 0.600. The molecule has 2 bridgehead atoms. The molecule has 1 aromatic rings. The molecule has 3 unspecified atom stereocenters. The minimum absolute atomic E-state index is 0.00297. The summed E-state index contributed by atoms with van der Waals surface area (Å²) >= 11 is 7.25. The van der Waals surface area contributed by atoms with Gasteiger partial charge in [0.05, 0.1) is 12.2 Å². The highest BCUT2D eigenvalue weighted by molar-refractivity contribution is 9.10. The van der Waals surface area contributed by atoms with E-state index in [2.05, 4.69) is 70.0 Å². The lowest BCUT2D eigenvalue weighted by Gasteiger charge is -2.48. The van der Waals surface area contributed by atoms with Gasteiger partial charge in [0.25, 0.3) is 0 Å². The fourth-order valence-corrected chi connectivity index (χ4v) is 5.96. The molecule has 2 fully saturated rings. The van der Waals surface area contributed by atoms with Gasteiger partial charge < -0.3 is 4.74 Å². The van der Waals surface area contributed by atoms with Gasteiger partial charge in [-0.05, 0) is 54.2 Å². The summed E-state index contributed by atoms with van der Waals surface area (Å²) in [5.74, 6) is 1.55. The van der Waals surface area contributed by atoms with E-state index < -0.39 is 0 Å². The smallest absolute Gasteiger partial charge is 0.0864 e. The number of hydrogen-bond acceptors (Lipinski definition) is 1. The summed E-state index contributed by atoms with van der Waals surface area (Å²) in [5, 5.41) is 0.949. The monoisotopic (exact) mass is 400 g/mol. The van der Waals surface area contributed by atoms with E-state index in [1.165, 1.54) is 24.8 Å². The van der Waals surface area contributed by atoms with Crippen molar-refractivity contribution in [1.82, 2.24) is 0 Å². The van der Waals surface area contributed by atoms with E-state index in [0.717, 1.165) is 21.6 Å². The Morgan fingerprint density at radius 1 is 1.15 bits per heavy atom. The summed E-state index contributed by atoms with van der Waals surface area (Å²) in [6, 6.07) is 8.47. The lowest BCUT2D eigenvalue weighted by atomic mass is 9.66. The summed E-state index contributed by atoms with van der Waals surface area (Å²) in [4.78, 5) is 0. The Morgan fingerprint density at radius 2 is 1.80 bits per heavy atom. The Labute approximate surface area is 138 Å². The van der Waals surface area contributed by atoms with Crippen LogP contribution in [-0.2, 0) is 11.3 Å². The molecule has 0 spiro atoms. The molecule has 0 aromatic heterocycles. The van der Waals surface area contributed by atoms with E-state index in [-0.39, 0.29) is 11.0 Å². The number of hydrogen-bond donors (Lipinski definition) is 0. The van der Waals surface area contributed by atoms with E-state index in [0.29, 0.717) is 6.61 Å². The zero-order valence-corrected chi connectivity index (χ0v) is 15.3. The molecular weight excluding hydrogens is 380 g/mol. The minimum atomic E-state index is 0.00297. The van der Waals surface area contributed by atoms with Crippen molar-refractivity contribution in [2.45, 2.75) is 45.3 Å². The molecule has 110 valence electrons. The Balaban J connectivity index is 1.78. The van der Waals surface area contributed by atoms with Gasteiger partial charge in [-0.1, -0.05) is 57.8 Å². The lowest BCUT2D eigenvalue weighted by Crippen LogP contribution is -2.52. The zero-order chi connectivity index (χ0) is 14.4. The highest BCUT2D eigenvalue weighted by Gasteiger charge is 2.63. The van der Waals surface area contributed by atoms with E-state index >= 15 is 0 Å². The van der Waals surface area contributed by atoms with Crippen LogP contribution in [0.2, 0.25) is 0 Å². The van der Waals surface area contributed by atoms with Gasteiger partial charge in [0.1, 0.15) is 0 Å². The summed E-state index contributed by atoms with van der Waals surface area (Å²) in [7, 11) is 0. The van der Waals surface area contributed by atoms with Crippen LogP contribution in [0, 0.1) is 17.3 Å². The molecule has 3 atom stereocenters. The van der Waals surface area contributed by atoms with Crippen LogP contribution in [0.25, 0.3) is 0 Å². The van der Waals surface area contributed by atoms with Crippen LogP contribution in [-0.4, -0.2) is 10.9 Å². The Bertz CT molecular complexity index is 482. The van der Waals surface area contributed by atoms with Gasteiger partial charge in [-0.3, -0.25) is 0 Å². The molecule has 1 aromatic carbocycles. The molecule has 3 heteroatoms. The molecule has 0 amide bonds. The van der Waals surface area contributed by atoms with Gasteiger partial charge in [0.2, 0.25) is 0 Å². The van der Waals surface area contributed by atoms with Crippen molar-refractivity contribution < 1.29 is 4.74 Å². The van der Waals surface area contributed by atoms with Gasteiger partial charge in [-0.15, -0.1) is 0 Å². The van der Waals surface area contributed by atoms with Gasteiger partial charge in [0, 0.05) is 9.80 Å². The summed E-state index contributed by atoms with van der Waals surface area (Å²) < 4.78 is 7.67. The van der Waals surface area contributed by atoms with Crippen molar-refractivity contribution in [3.8, 4) is 0 Å². The molecule has 0 heterocycles. The third kappa shape index (κ3) is 2.21. The van der Waals surface area contributed by atoms with Crippen LogP contribution < -0.4 is 0 Å². The van der Waals surface area contributed by atoms with Crippen LogP contribution in [0.5, 0.6) is 0 Å². The number of benzene rings is 1. The highest BCUT2D eigenvalue weighted by Crippen LogP contribution is 2.63. The Kier molecular flexibility index (Phi) is 4.07. The van der Waals surface area contributed by atoms with Crippen molar-refractivity contribution in [3.63, 3.8) is 0 Å². The van der Waals surface area contributed by atoms with Crippen molar-refractivity contribution in [2.75, 3.05) is 5.33 Å². The van der Waals surface area contributed by atoms with Gasteiger partial charge >= 0.3 is 0 Å². The predicted molar refractivity (Wildman–Crippen MR) is 90.1 cm³/mol. The molecule has 2 aliphatic rings. The van der Waals surface area contributed by atoms with Crippen LogP contribution in [0.1, 0.15) is 38.7 Å². The zero-order valence-electron chi connectivity index (χ0n) is 12.2. The highest BCUT2D eigenvalue weighted by atomic mass is 79.9. The van der Waals surface area contributed by atoms with Crippen molar-refractivity contribution in [3.05, 3.63) is 34.3 Å².